The summed E-state index contributed by atoms with van der Waals surface area (Å²) in [4.78, 5) is 38.1. The van der Waals surface area contributed by atoms with Gasteiger partial charge in [-0.15, -0.1) is 0 Å². The summed E-state index contributed by atoms with van der Waals surface area (Å²) < 4.78 is 18.9. The molecule has 1 heterocycles. The molecule has 1 aliphatic rings. The van der Waals surface area contributed by atoms with Crippen LogP contribution in [0.15, 0.2) is 42.5 Å². The maximum Gasteiger partial charge on any atom is 0.279 e. The highest BCUT2D eigenvalue weighted by Gasteiger charge is 2.24. The van der Waals surface area contributed by atoms with Crippen LogP contribution in [0.3, 0.4) is 0 Å². The number of ether oxygens (including phenoxy) is 1. The number of carbonyl (C=O) groups is 3. The summed E-state index contributed by atoms with van der Waals surface area (Å²) in [6, 6.07) is 10.8. The Bertz CT molecular complexity index is 947. The van der Waals surface area contributed by atoms with E-state index in [1.807, 2.05) is 6.92 Å². The van der Waals surface area contributed by atoms with Gasteiger partial charge in [-0.1, -0.05) is 19.1 Å². The predicted molar refractivity (Wildman–Crippen MR) is 105 cm³/mol. The number of hydrogen-bond donors (Lipinski definition) is 2. The molecule has 0 saturated carbocycles. The number of hydrogen-bond acceptors (Lipinski definition) is 4. The Hall–Kier alpha value is -3.42. The van der Waals surface area contributed by atoms with E-state index in [0.717, 1.165) is 11.3 Å². The molecule has 1 atom stereocenters. The second-order valence-electron chi connectivity index (χ2n) is 6.63. The highest BCUT2D eigenvalue weighted by Crippen LogP contribution is 2.29. The second-order valence-corrected chi connectivity index (χ2v) is 6.63. The third-order valence-corrected chi connectivity index (χ3v) is 4.65. The Kier molecular flexibility index (Phi) is 6.11. The van der Waals surface area contributed by atoms with Gasteiger partial charge >= 0.3 is 0 Å². The van der Waals surface area contributed by atoms with Crippen molar-refractivity contribution in [3.63, 3.8) is 0 Å². The number of amides is 3. The first kappa shape index (κ1) is 20.3. The Morgan fingerprint density at radius 1 is 1.17 bits per heavy atom. The van der Waals surface area contributed by atoms with Crippen molar-refractivity contribution in [3.05, 3.63) is 59.4 Å². The standard InChI is InChI=1S/C21H22FN3O4/c1-3-19(26)25-11-10-14-12-15(8-9-17(14)25)21(28)24-23-20(27)13(2)29-18-7-5-4-6-16(18)22/h4-9,12-13H,3,10-11H2,1-2H3,(H,23,27)(H,24,28). The minimum Gasteiger partial charge on any atom is -0.478 e. The maximum atomic E-state index is 13.6. The van der Waals surface area contributed by atoms with Crippen LogP contribution in [-0.2, 0) is 16.0 Å². The van der Waals surface area contributed by atoms with Crippen LogP contribution in [0.4, 0.5) is 10.1 Å². The number of nitrogens with one attached hydrogen (secondary N) is 2. The number of para-hydroxylation sites is 1. The van der Waals surface area contributed by atoms with Crippen molar-refractivity contribution in [2.75, 3.05) is 11.4 Å². The van der Waals surface area contributed by atoms with Crippen molar-refractivity contribution in [3.8, 4) is 5.75 Å². The largest absolute Gasteiger partial charge is 0.478 e. The van der Waals surface area contributed by atoms with E-state index in [4.69, 9.17) is 4.74 Å². The number of fused-ring (bicyclic) bond motifs is 1. The lowest BCUT2D eigenvalue weighted by molar-refractivity contribution is -0.128. The van der Waals surface area contributed by atoms with Gasteiger partial charge in [0, 0.05) is 24.2 Å². The minimum atomic E-state index is -1.01. The molecular weight excluding hydrogens is 377 g/mol. The molecule has 0 aromatic heterocycles. The van der Waals surface area contributed by atoms with Crippen LogP contribution in [-0.4, -0.2) is 30.4 Å². The van der Waals surface area contributed by atoms with Gasteiger partial charge in [-0.25, -0.2) is 4.39 Å². The van der Waals surface area contributed by atoms with Gasteiger partial charge in [0.2, 0.25) is 5.91 Å². The lowest BCUT2D eigenvalue weighted by Crippen LogP contribution is -2.47. The van der Waals surface area contributed by atoms with Crippen LogP contribution < -0.4 is 20.5 Å². The first-order valence-electron chi connectivity index (χ1n) is 9.35. The van der Waals surface area contributed by atoms with E-state index >= 15 is 0 Å². The summed E-state index contributed by atoms with van der Waals surface area (Å²) in [6.07, 6.45) is 0.0731. The van der Waals surface area contributed by atoms with Gasteiger partial charge in [-0.3, -0.25) is 25.2 Å². The molecule has 3 rings (SSSR count). The highest BCUT2D eigenvalue weighted by molar-refractivity contribution is 5.99. The number of hydrazine groups is 1. The van der Waals surface area contributed by atoms with Gasteiger partial charge in [0.1, 0.15) is 0 Å². The molecule has 0 aliphatic carbocycles. The molecule has 7 nitrogen and oxygen atoms in total. The normalized spacial score (nSPS) is 13.4. The van der Waals surface area contributed by atoms with Crippen molar-refractivity contribution in [1.82, 2.24) is 10.9 Å². The first-order chi connectivity index (χ1) is 13.9. The maximum absolute atomic E-state index is 13.6. The number of nitrogens with zero attached hydrogens (tertiary/aromatic N) is 1. The number of benzene rings is 2. The molecule has 1 unspecified atom stereocenters. The van der Waals surface area contributed by atoms with Gasteiger partial charge in [-0.05, 0) is 49.2 Å². The van der Waals surface area contributed by atoms with Crippen LogP contribution in [0.5, 0.6) is 5.75 Å². The van der Waals surface area contributed by atoms with Crippen LogP contribution in [0.2, 0.25) is 0 Å². The zero-order valence-electron chi connectivity index (χ0n) is 16.2. The van der Waals surface area contributed by atoms with E-state index in [0.29, 0.717) is 24.9 Å². The molecule has 0 spiro atoms. The van der Waals surface area contributed by atoms with Gasteiger partial charge in [0.05, 0.1) is 0 Å². The lowest BCUT2D eigenvalue weighted by Gasteiger charge is -2.17. The molecule has 2 aromatic carbocycles. The van der Waals surface area contributed by atoms with E-state index in [1.165, 1.54) is 25.1 Å². The molecule has 8 heteroatoms. The summed E-state index contributed by atoms with van der Waals surface area (Å²) in [5.74, 6) is -1.71. The zero-order valence-corrected chi connectivity index (χ0v) is 16.2. The highest BCUT2D eigenvalue weighted by atomic mass is 19.1. The number of rotatable bonds is 5. The van der Waals surface area contributed by atoms with E-state index in [-0.39, 0.29) is 11.7 Å². The van der Waals surface area contributed by atoms with Crippen molar-refractivity contribution in [2.24, 2.45) is 0 Å². The first-order valence-corrected chi connectivity index (χ1v) is 9.35. The van der Waals surface area contributed by atoms with Gasteiger partial charge in [0.25, 0.3) is 11.8 Å². The Labute approximate surface area is 167 Å². The minimum absolute atomic E-state index is 0.0389. The van der Waals surface area contributed by atoms with Crippen LogP contribution in [0, 0.1) is 5.82 Å². The zero-order chi connectivity index (χ0) is 21.0. The quantitative estimate of drug-likeness (QED) is 0.756. The lowest BCUT2D eigenvalue weighted by atomic mass is 10.1. The molecule has 2 aromatic rings. The van der Waals surface area contributed by atoms with E-state index in [1.54, 1.807) is 29.2 Å². The average molecular weight is 399 g/mol. The van der Waals surface area contributed by atoms with Crippen LogP contribution in [0.25, 0.3) is 0 Å². The Balaban J connectivity index is 1.57. The summed E-state index contributed by atoms with van der Waals surface area (Å²) in [5, 5.41) is 0. The van der Waals surface area contributed by atoms with E-state index in [2.05, 4.69) is 10.9 Å². The summed E-state index contributed by atoms with van der Waals surface area (Å²) in [6.45, 7) is 3.85. The fourth-order valence-corrected chi connectivity index (χ4v) is 3.07. The molecule has 0 radical (unpaired) electrons. The summed E-state index contributed by atoms with van der Waals surface area (Å²) >= 11 is 0. The van der Waals surface area contributed by atoms with Gasteiger partial charge < -0.3 is 9.64 Å². The molecule has 0 saturated heterocycles. The number of halogens is 1. The molecule has 0 fully saturated rings. The Morgan fingerprint density at radius 3 is 2.66 bits per heavy atom. The number of anilines is 1. The molecule has 1 aliphatic heterocycles. The molecule has 29 heavy (non-hydrogen) atoms. The monoisotopic (exact) mass is 399 g/mol. The second kappa shape index (κ2) is 8.72. The van der Waals surface area contributed by atoms with Crippen LogP contribution >= 0.6 is 0 Å². The smallest absolute Gasteiger partial charge is 0.279 e. The molecule has 152 valence electrons. The third kappa shape index (κ3) is 4.53. The Morgan fingerprint density at radius 2 is 1.93 bits per heavy atom. The van der Waals surface area contributed by atoms with Crippen molar-refractivity contribution in [1.29, 1.82) is 0 Å². The SMILES string of the molecule is CCC(=O)N1CCc2cc(C(=O)NNC(=O)C(C)Oc3ccccc3F)ccc21. The van der Waals surface area contributed by atoms with E-state index in [9.17, 15) is 18.8 Å². The fourth-order valence-electron chi connectivity index (χ4n) is 3.07. The van der Waals surface area contributed by atoms with Crippen molar-refractivity contribution in [2.45, 2.75) is 32.8 Å². The molecule has 2 N–H and O–H groups in total. The average Bonchev–Trinajstić information content (AvgIpc) is 3.16. The predicted octanol–water partition coefficient (Wildman–Crippen LogP) is 2.35. The van der Waals surface area contributed by atoms with Crippen LogP contribution in [0.1, 0.15) is 36.2 Å². The summed E-state index contributed by atoms with van der Waals surface area (Å²) in [5.41, 5.74) is 6.67. The third-order valence-electron chi connectivity index (χ3n) is 4.65. The molecule has 0 bridgehead atoms. The van der Waals surface area contributed by atoms with Gasteiger partial charge in [-0.2, -0.15) is 0 Å². The van der Waals surface area contributed by atoms with Crippen molar-refractivity contribution < 1.29 is 23.5 Å². The molecular formula is C21H22FN3O4. The summed E-state index contributed by atoms with van der Waals surface area (Å²) in [7, 11) is 0. The fraction of sp³-hybridized carbons (Fsp3) is 0.286. The molecule has 3 amide bonds. The van der Waals surface area contributed by atoms with E-state index < -0.39 is 23.7 Å². The van der Waals surface area contributed by atoms with Gasteiger partial charge in [0.15, 0.2) is 17.7 Å². The topological polar surface area (TPSA) is 87.7 Å². The van der Waals surface area contributed by atoms with Crippen molar-refractivity contribution >= 4 is 23.4 Å². The number of carbonyl (C=O) groups excluding carboxylic acids is 3.